The van der Waals surface area contributed by atoms with Crippen LogP contribution in [0.5, 0.6) is 0 Å². The Morgan fingerprint density at radius 3 is 3.13 bits per heavy atom. The molecule has 0 spiro atoms. The van der Waals surface area contributed by atoms with Crippen LogP contribution in [0.1, 0.15) is 18.9 Å². The highest BCUT2D eigenvalue weighted by Gasteiger charge is 2.26. The van der Waals surface area contributed by atoms with E-state index in [4.69, 9.17) is 22.1 Å². The molecule has 0 saturated carbocycles. The zero-order valence-electron chi connectivity index (χ0n) is 16.4. The zero-order valence-corrected chi connectivity index (χ0v) is 19.3. The van der Waals surface area contributed by atoms with Gasteiger partial charge >= 0.3 is 0 Å². The van der Waals surface area contributed by atoms with Crippen LogP contribution >= 0.6 is 34.2 Å². The van der Waals surface area contributed by atoms with E-state index in [9.17, 15) is 9.18 Å². The van der Waals surface area contributed by atoms with Gasteiger partial charge in [0.1, 0.15) is 11.5 Å². The third-order valence-electron chi connectivity index (χ3n) is 4.74. The summed E-state index contributed by atoms with van der Waals surface area (Å²) in [5, 5.41) is 4.16. The van der Waals surface area contributed by atoms with Crippen LogP contribution < -0.4 is 11.1 Å². The van der Waals surface area contributed by atoms with Crippen LogP contribution in [0.15, 0.2) is 35.1 Å². The van der Waals surface area contributed by atoms with Crippen molar-refractivity contribution in [2.24, 2.45) is 10.7 Å². The molecular formula is C19H23ClFIN6O2. The monoisotopic (exact) mass is 548 g/mol. The third-order valence-corrected chi connectivity index (χ3v) is 5.61. The van der Waals surface area contributed by atoms with Gasteiger partial charge in [0.2, 0.25) is 5.91 Å². The number of morpholine rings is 1. The molecule has 0 aliphatic carbocycles. The number of hydrogen-bond acceptors (Lipinski definition) is 5. The van der Waals surface area contributed by atoms with Crippen molar-refractivity contribution in [2.45, 2.75) is 19.4 Å². The van der Waals surface area contributed by atoms with Crippen LogP contribution in [0.4, 0.5) is 4.39 Å². The standard InChI is InChI=1S/C19H23ClFIN6O2/c1-2-16(29)28-3-4-30-10-12(28)8-25-19(15(21)6-22)27-17(23)14-9-26-18-13(14)5-11(20)7-24-18/h5,7,9,12,25H,2-4,6,8,10H2,1H3,(H2,23,27)(H,24,26)/b19-15+. The second kappa shape index (κ2) is 10.4. The van der Waals surface area contributed by atoms with Gasteiger partial charge in [-0.05, 0) is 6.07 Å². The Kier molecular flexibility index (Phi) is 7.89. The number of carbonyl (C=O) groups excluding carboxylic acids is 1. The number of H-pyrrole nitrogens is 1. The number of amides is 1. The molecular weight excluding hydrogens is 526 g/mol. The quantitative estimate of drug-likeness (QED) is 0.213. The van der Waals surface area contributed by atoms with Gasteiger partial charge in [-0.2, -0.15) is 0 Å². The summed E-state index contributed by atoms with van der Waals surface area (Å²) in [6.07, 6.45) is 3.59. The molecule has 4 N–H and O–H groups in total. The molecule has 1 saturated heterocycles. The molecule has 8 nitrogen and oxygen atoms in total. The number of hydrogen-bond donors (Lipinski definition) is 3. The lowest BCUT2D eigenvalue weighted by molar-refractivity contribution is -0.139. The number of amidine groups is 1. The van der Waals surface area contributed by atoms with E-state index in [0.29, 0.717) is 54.3 Å². The Morgan fingerprint density at radius 2 is 2.40 bits per heavy atom. The molecule has 1 aliphatic rings. The van der Waals surface area contributed by atoms with Crippen LogP contribution in [0, 0.1) is 0 Å². The van der Waals surface area contributed by atoms with E-state index in [0.717, 1.165) is 0 Å². The predicted octanol–water partition coefficient (Wildman–Crippen LogP) is 2.72. The first kappa shape index (κ1) is 22.8. The lowest BCUT2D eigenvalue weighted by Gasteiger charge is -2.35. The number of carbonyl (C=O) groups is 1. The van der Waals surface area contributed by atoms with Crippen molar-refractivity contribution in [2.75, 3.05) is 30.7 Å². The summed E-state index contributed by atoms with van der Waals surface area (Å²) in [6.45, 7) is 3.50. The van der Waals surface area contributed by atoms with E-state index in [2.05, 4.69) is 20.3 Å². The van der Waals surface area contributed by atoms with Crippen molar-refractivity contribution in [3.8, 4) is 0 Å². The van der Waals surface area contributed by atoms with Gasteiger partial charge < -0.3 is 25.7 Å². The molecule has 3 heterocycles. The number of aromatic amines is 1. The minimum Gasteiger partial charge on any atom is -0.383 e. The number of ether oxygens (including phenoxy) is 1. The molecule has 1 aliphatic heterocycles. The molecule has 0 aromatic carbocycles. The van der Waals surface area contributed by atoms with Gasteiger partial charge in [0.05, 0.1) is 28.7 Å². The second-order valence-electron chi connectivity index (χ2n) is 6.69. The number of nitrogens with zero attached hydrogens (tertiary/aromatic N) is 3. The van der Waals surface area contributed by atoms with E-state index in [1.54, 1.807) is 17.2 Å². The molecule has 2 aromatic heterocycles. The van der Waals surface area contributed by atoms with Crippen molar-refractivity contribution in [1.29, 1.82) is 0 Å². The second-order valence-corrected chi connectivity index (χ2v) is 7.89. The maximum Gasteiger partial charge on any atom is 0.222 e. The summed E-state index contributed by atoms with van der Waals surface area (Å²) in [7, 11) is 0. The van der Waals surface area contributed by atoms with Crippen LogP contribution in [0.25, 0.3) is 11.0 Å². The summed E-state index contributed by atoms with van der Waals surface area (Å²) >= 11 is 7.95. The lowest BCUT2D eigenvalue weighted by Crippen LogP contribution is -2.52. The summed E-state index contributed by atoms with van der Waals surface area (Å²) < 4.78 is 20.2. The first-order valence-electron chi connectivity index (χ1n) is 9.47. The molecule has 1 amide bonds. The highest BCUT2D eigenvalue weighted by Crippen LogP contribution is 2.21. The number of nitrogens with one attached hydrogen (secondary N) is 2. The van der Waals surface area contributed by atoms with Gasteiger partial charge in [-0.15, -0.1) is 0 Å². The normalized spacial score (nSPS) is 18.5. The third kappa shape index (κ3) is 5.22. The lowest BCUT2D eigenvalue weighted by atomic mass is 10.2. The van der Waals surface area contributed by atoms with Crippen molar-refractivity contribution in [3.63, 3.8) is 0 Å². The highest BCUT2D eigenvalue weighted by molar-refractivity contribution is 14.1. The fraction of sp³-hybridized carbons (Fsp3) is 0.421. The first-order chi connectivity index (χ1) is 14.4. The van der Waals surface area contributed by atoms with Gasteiger partial charge in [0.15, 0.2) is 11.6 Å². The molecule has 162 valence electrons. The molecule has 3 rings (SSSR count). The van der Waals surface area contributed by atoms with E-state index < -0.39 is 5.83 Å². The van der Waals surface area contributed by atoms with Gasteiger partial charge in [-0.3, -0.25) is 4.79 Å². The van der Waals surface area contributed by atoms with Gasteiger partial charge in [-0.1, -0.05) is 41.1 Å². The van der Waals surface area contributed by atoms with Gasteiger partial charge in [-0.25, -0.2) is 14.4 Å². The van der Waals surface area contributed by atoms with Crippen molar-refractivity contribution in [3.05, 3.63) is 40.7 Å². The molecule has 0 bridgehead atoms. The summed E-state index contributed by atoms with van der Waals surface area (Å²) in [5.41, 5.74) is 7.36. The largest absolute Gasteiger partial charge is 0.383 e. The molecule has 1 unspecified atom stereocenters. The fourth-order valence-electron chi connectivity index (χ4n) is 3.20. The Morgan fingerprint density at radius 1 is 1.60 bits per heavy atom. The summed E-state index contributed by atoms with van der Waals surface area (Å²) in [6, 6.07) is 1.51. The predicted molar refractivity (Wildman–Crippen MR) is 123 cm³/mol. The number of fused-ring (bicyclic) bond motifs is 1. The highest BCUT2D eigenvalue weighted by atomic mass is 127. The molecule has 1 fully saturated rings. The van der Waals surface area contributed by atoms with Gasteiger partial charge in [0, 0.05) is 42.9 Å². The topological polar surface area (TPSA) is 109 Å². The minimum atomic E-state index is -0.445. The number of aliphatic imine (C=N–C) groups is 1. The van der Waals surface area contributed by atoms with Crippen LogP contribution in [0.3, 0.4) is 0 Å². The van der Waals surface area contributed by atoms with Crippen LogP contribution in [-0.4, -0.2) is 63.4 Å². The first-order valence-corrected chi connectivity index (χ1v) is 11.4. The molecule has 11 heteroatoms. The van der Waals surface area contributed by atoms with Crippen molar-refractivity contribution < 1.29 is 13.9 Å². The SMILES string of the molecule is CCC(=O)N1CCOCC1CNC(/N=C(\N)c1c[nH]c2ncc(Cl)cc12)=C(\F)CI. The summed E-state index contributed by atoms with van der Waals surface area (Å²) in [5.74, 6) is -0.259. The van der Waals surface area contributed by atoms with E-state index in [1.807, 2.05) is 29.5 Å². The maximum absolute atomic E-state index is 14.5. The average Bonchev–Trinajstić information content (AvgIpc) is 3.18. The number of aromatic nitrogens is 2. The number of rotatable bonds is 7. The number of alkyl halides is 1. The summed E-state index contributed by atoms with van der Waals surface area (Å²) in [4.78, 5) is 25.4. The minimum absolute atomic E-state index is 0.0284. The van der Waals surface area contributed by atoms with E-state index in [-0.39, 0.29) is 28.0 Å². The number of allylic oxidation sites excluding steroid dienone is 1. The van der Waals surface area contributed by atoms with Crippen molar-refractivity contribution in [1.82, 2.24) is 20.2 Å². The Labute approximate surface area is 192 Å². The van der Waals surface area contributed by atoms with Gasteiger partial charge in [0.25, 0.3) is 0 Å². The maximum atomic E-state index is 14.5. The van der Waals surface area contributed by atoms with Crippen LogP contribution in [-0.2, 0) is 9.53 Å². The molecule has 30 heavy (non-hydrogen) atoms. The Hall–Kier alpha value is -1.92. The zero-order chi connectivity index (χ0) is 21.7. The van der Waals surface area contributed by atoms with Crippen molar-refractivity contribution >= 4 is 57.0 Å². The Balaban J connectivity index is 1.82. The molecule has 1 atom stereocenters. The average molecular weight is 549 g/mol. The van der Waals surface area contributed by atoms with E-state index in [1.165, 1.54) is 6.20 Å². The molecule has 2 aromatic rings. The fourth-order valence-corrected chi connectivity index (χ4v) is 3.72. The Bertz CT molecular complexity index is 979. The number of pyridine rings is 1. The smallest absolute Gasteiger partial charge is 0.222 e. The number of halogens is 3. The number of nitrogens with two attached hydrogens (primary N) is 1. The van der Waals surface area contributed by atoms with E-state index >= 15 is 0 Å². The van der Waals surface area contributed by atoms with Crippen LogP contribution in [0.2, 0.25) is 5.02 Å². The molecule has 0 radical (unpaired) electrons.